The Morgan fingerprint density at radius 3 is 2.74 bits per heavy atom. The minimum atomic E-state index is -0.356. The molecule has 2 aromatic carbocycles. The molecule has 1 saturated carbocycles. The first-order valence-electron chi connectivity index (χ1n) is 10.6. The maximum Gasteiger partial charge on any atom is 0.325 e. The molecule has 0 bridgehead atoms. The van der Waals surface area contributed by atoms with Crippen molar-refractivity contribution in [1.29, 1.82) is 0 Å². The number of H-pyrrole nitrogens is 1. The van der Waals surface area contributed by atoms with E-state index >= 15 is 0 Å². The van der Waals surface area contributed by atoms with E-state index < -0.39 is 0 Å². The summed E-state index contributed by atoms with van der Waals surface area (Å²) < 4.78 is 19.2. The molecule has 7 heteroatoms. The fraction of sp³-hybridized carbons (Fsp3) is 0.333. The van der Waals surface area contributed by atoms with E-state index in [1.807, 2.05) is 28.3 Å². The lowest BCUT2D eigenvalue weighted by atomic mass is 9.99. The van der Waals surface area contributed by atoms with Crippen LogP contribution in [0.15, 0.2) is 48.8 Å². The van der Waals surface area contributed by atoms with Crippen molar-refractivity contribution in [3.8, 4) is 16.9 Å². The van der Waals surface area contributed by atoms with Crippen LogP contribution in [0.25, 0.3) is 11.1 Å². The van der Waals surface area contributed by atoms with Crippen LogP contribution >= 0.6 is 0 Å². The molecule has 160 valence electrons. The van der Waals surface area contributed by atoms with Crippen LogP contribution in [-0.4, -0.2) is 40.3 Å². The number of ether oxygens (including phenoxy) is 1. The predicted octanol–water partition coefficient (Wildman–Crippen LogP) is 4.76. The summed E-state index contributed by atoms with van der Waals surface area (Å²) >= 11 is 0. The Kier molecular flexibility index (Phi) is 4.68. The van der Waals surface area contributed by atoms with Crippen LogP contribution in [0.1, 0.15) is 30.9 Å². The Morgan fingerprint density at radius 1 is 1.23 bits per heavy atom. The van der Waals surface area contributed by atoms with Gasteiger partial charge in [0.2, 0.25) is 0 Å². The number of aromatic amines is 1. The van der Waals surface area contributed by atoms with Crippen molar-refractivity contribution < 1.29 is 13.9 Å². The van der Waals surface area contributed by atoms with Gasteiger partial charge in [0.1, 0.15) is 11.6 Å². The molecule has 1 aromatic heterocycles. The SMILES string of the molecule is CCc1cc(N2CC3(CC3)N(Cc3cc(F)cc(OC)c3)C2=O)ccc1-c1cn[nH]c1. The molecular formula is C24H25FN4O2. The van der Waals surface area contributed by atoms with Gasteiger partial charge < -0.3 is 9.64 Å². The van der Waals surface area contributed by atoms with Crippen LogP contribution < -0.4 is 9.64 Å². The Hall–Kier alpha value is -3.35. The van der Waals surface area contributed by atoms with Crippen molar-refractivity contribution in [2.45, 2.75) is 38.3 Å². The Morgan fingerprint density at radius 2 is 2.06 bits per heavy atom. The lowest BCUT2D eigenvalue weighted by molar-refractivity contribution is 0.197. The van der Waals surface area contributed by atoms with Crippen LogP contribution in [0.4, 0.5) is 14.9 Å². The summed E-state index contributed by atoms with van der Waals surface area (Å²) in [5.41, 5.74) is 4.81. The summed E-state index contributed by atoms with van der Waals surface area (Å²) in [6, 6.07) is 10.8. The maximum atomic E-state index is 14.0. The maximum absolute atomic E-state index is 14.0. The zero-order valence-electron chi connectivity index (χ0n) is 17.7. The molecule has 0 radical (unpaired) electrons. The van der Waals surface area contributed by atoms with Gasteiger partial charge >= 0.3 is 6.03 Å². The van der Waals surface area contributed by atoms with E-state index in [-0.39, 0.29) is 17.4 Å². The van der Waals surface area contributed by atoms with Gasteiger partial charge in [0.15, 0.2) is 0 Å². The molecule has 1 spiro atoms. The van der Waals surface area contributed by atoms with E-state index in [1.165, 1.54) is 24.8 Å². The lowest BCUT2D eigenvalue weighted by Crippen LogP contribution is -2.35. The number of hydrogen-bond acceptors (Lipinski definition) is 3. The van der Waals surface area contributed by atoms with E-state index in [0.717, 1.165) is 41.6 Å². The quantitative estimate of drug-likeness (QED) is 0.625. The molecular weight excluding hydrogens is 395 g/mol. The Bertz CT molecular complexity index is 1120. The largest absolute Gasteiger partial charge is 0.497 e. The molecule has 1 saturated heterocycles. The van der Waals surface area contributed by atoms with Gasteiger partial charge in [-0.25, -0.2) is 9.18 Å². The summed E-state index contributed by atoms with van der Waals surface area (Å²) in [5.74, 6) is 0.107. The number of nitrogens with one attached hydrogen (secondary N) is 1. The molecule has 2 amide bonds. The third kappa shape index (κ3) is 3.44. The molecule has 0 unspecified atom stereocenters. The van der Waals surface area contributed by atoms with Gasteiger partial charge in [0.25, 0.3) is 0 Å². The lowest BCUT2D eigenvalue weighted by Gasteiger charge is -2.23. The first-order chi connectivity index (χ1) is 15.0. The van der Waals surface area contributed by atoms with Crippen LogP contribution in [0.5, 0.6) is 5.75 Å². The molecule has 5 rings (SSSR count). The molecule has 3 aromatic rings. The van der Waals surface area contributed by atoms with Crippen molar-refractivity contribution >= 4 is 11.7 Å². The van der Waals surface area contributed by atoms with E-state index in [1.54, 1.807) is 6.07 Å². The number of carbonyl (C=O) groups excluding carboxylic acids is 1. The Balaban J connectivity index is 1.43. The van der Waals surface area contributed by atoms with Crippen molar-refractivity contribution in [1.82, 2.24) is 15.1 Å². The van der Waals surface area contributed by atoms with Crippen LogP contribution in [0, 0.1) is 5.82 Å². The number of urea groups is 1. The molecule has 2 fully saturated rings. The topological polar surface area (TPSA) is 61.5 Å². The molecule has 1 N–H and O–H groups in total. The summed E-state index contributed by atoms with van der Waals surface area (Å²) in [4.78, 5) is 17.2. The van der Waals surface area contributed by atoms with E-state index in [9.17, 15) is 9.18 Å². The summed E-state index contributed by atoms with van der Waals surface area (Å²) in [5, 5.41) is 6.91. The molecule has 6 nitrogen and oxygen atoms in total. The normalized spacial score (nSPS) is 16.9. The van der Waals surface area contributed by atoms with Crippen LogP contribution in [0.3, 0.4) is 0 Å². The molecule has 1 aliphatic heterocycles. The van der Waals surface area contributed by atoms with Crippen LogP contribution in [0.2, 0.25) is 0 Å². The highest BCUT2D eigenvalue weighted by molar-refractivity contribution is 5.96. The molecule has 2 heterocycles. The predicted molar refractivity (Wildman–Crippen MR) is 117 cm³/mol. The summed E-state index contributed by atoms with van der Waals surface area (Å²) in [6.07, 6.45) is 6.48. The highest BCUT2D eigenvalue weighted by Crippen LogP contribution is 2.49. The number of aryl methyl sites for hydroxylation is 1. The van der Waals surface area contributed by atoms with E-state index in [2.05, 4.69) is 29.3 Å². The van der Waals surface area contributed by atoms with Crippen molar-refractivity contribution in [3.63, 3.8) is 0 Å². The minimum absolute atomic E-state index is 0.0288. The number of halogens is 1. The Labute approximate surface area is 180 Å². The average molecular weight is 420 g/mol. The highest BCUT2D eigenvalue weighted by Gasteiger charge is 2.57. The smallest absolute Gasteiger partial charge is 0.325 e. The van der Waals surface area contributed by atoms with Gasteiger partial charge in [-0.3, -0.25) is 10.00 Å². The number of rotatable bonds is 6. The van der Waals surface area contributed by atoms with Gasteiger partial charge in [-0.15, -0.1) is 0 Å². The van der Waals surface area contributed by atoms with E-state index in [0.29, 0.717) is 18.8 Å². The second-order valence-corrected chi connectivity index (χ2v) is 8.36. The number of carbonyl (C=O) groups is 1. The zero-order chi connectivity index (χ0) is 21.6. The number of benzene rings is 2. The standard InChI is InChI=1S/C24H25FN4O2/c1-3-17-10-20(4-5-22(17)18-12-26-27-13-18)28-15-24(6-7-24)29(23(28)30)14-16-8-19(25)11-21(9-16)31-2/h4-5,8-13H,3,6-7,14-15H2,1-2H3,(H,26,27). The van der Waals surface area contributed by atoms with Gasteiger partial charge in [0, 0.05) is 30.1 Å². The van der Waals surface area contributed by atoms with Gasteiger partial charge in [-0.05, 0) is 60.2 Å². The number of hydrogen-bond donors (Lipinski definition) is 1. The second-order valence-electron chi connectivity index (χ2n) is 8.36. The molecule has 31 heavy (non-hydrogen) atoms. The summed E-state index contributed by atoms with van der Waals surface area (Å²) in [6.45, 7) is 3.14. The first-order valence-corrected chi connectivity index (χ1v) is 10.6. The number of nitrogens with zero attached hydrogens (tertiary/aromatic N) is 3. The molecule has 0 atom stereocenters. The third-order valence-corrected chi connectivity index (χ3v) is 6.41. The first kappa shape index (κ1) is 19.6. The minimum Gasteiger partial charge on any atom is -0.497 e. The molecule has 1 aliphatic carbocycles. The number of anilines is 1. The van der Waals surface area contributed by atoms with E-state index in [4.69, 9.17) is 4.74 Å². The van der Waals surface area contributed by atoms with Crippen LogP contribution in [-0.2, 0) is 13.0 Å². The van der Waals surface area contributed by atoms with Gasteiger partial charge in [-0.1, -0.05) is 13.0 Å². The fourth-order valence-electron chi connectivity index (χ4n) is 4.54. The fourth-order valence-corrected chi connectivity index (χ4v) is 4.54. The number of methoxy groups -OCH3 is 1. The van der Waals surface area contributed by atoms with Crippen molar-refractivity contribution in [2.75, 3.05) is 18.6 Å². The van der Waals surface area contributed by atoms with Crippen molar-refractivity contribution in [2.24, 2.45) is 0 Å². The molecule has 2 aliphatic rings. The third-order valence-electron chi connectivity index (χ3n) is 6.41. The number of amides is 2. The van der Waals surface area contributed by atoms with Crippen molar-refractivity contribution in [3.05, 3.63) is 65.7 Å². The van der Waals surface area contributed by atoms with Gasteiger partial charge in [-0.2, -0.15) is 5.10 Å². The van der Waals surface area contributed by atoms with Gasteiger partial charge in [0.05, 0.1) is 25.4 Å². The second kappa shape index (κ2) is 7.41. The summed E-state index contributed by atoms with van der Waals surface area (Å²) in [7, 11) is 1.52. The number of aromatic nitrogens is 2. The monoisotopic (exact) mass is 420 g/mol. The highest BCUT2D eigenvalue weighted by atomic mass is 19.1. The zero-order valence-corrected chi connectivity index (χ0v) is 17.7. The average Bonchev–Trinajstić information content (AvgIpc) is 3.24.